The predicted molar refractivity (Wildman–Crippen MR) is 43.6 cm³/mol. The first-order valence-electron chi connectivity index (χ1n) is 2.91. The van der Waals surface area contributed by atoms with Crippen LogP contribution in [0, 0.1) is 0 Å². The van der Waals surface area contributed by atoms with E-state index < -0.39 is 12.8 Å². The molecule has 0 spiro atoms. The lowest BCUT2D eigenvalue weighted by atomic mass is 10.6. The molecule has 0 radical (unpaired) electrons. The molecule has 1 heterocycles. The molecule has 0 bridgehead atoms. The van der Waals surface area contributed by atoms with Crippen LogP contribution in [0.1, 0.15) is 0 Å². The van der Waals surface area contributed by atoms with Gasteiger partial charge in [-0.15, -0.1) is 0 Å². The van der Waals surface area contributed by atoms with Crippen LogP contribution >= 0.6 is 27.3 Å². The molecule has 0 aliphatic carbocycles. The number of alkyl halides is 3. The zero-order valence-corrected chi connectivity index (χ0v) is 8.09. The van der Waals surface area contributed by atoms with Crippen molar-refractivity contribution in [1.82, 2.24) is 0 Å². The second-order valence-corrected chi connectivity index (χ2v) is 4.36. The Morgan fingerprint density at radius 3 is 2.58 bits per heavy atom. The number of halogens is 4. The zero-order chi connectivity index (χ0) is 9.19. The van der Waals surface area contributed by atoms with E-state index in [1.54, 1.807) is 6.07 Å². The molecule has 1 nitrogen and oxygen atoms in total. The third-order valence-electron chi connectivity index (χ3n) is 0.954. The summed E-state index contributed by atoms with van der Waals surface area (Å²) in [6.07, 6.45) is -3.72. The van der Waals surface area contributed by atoms with E-state index in [1.807, 2.05) is 0 Å². The third kappa shape index (κ3) is 2.67. The Bertz CT molecular complexity index is 263. The van der Waals surface area contributed by atoms with E-state index in [1.165, 1.54) is 6.07 Å². The number of rotatable bonds is 3. The van der Waals surface area contributed by atoms with Crippen LogP contribution in [0.2, 0.25) is 0 Å². The molecule has 0 aliphatic heterocycles. The van der Waals surface area contributed by atoms with Crippen molar-refractivity contribution in [2.45, 2.75) is 6.11 Å². The van der Waals surface area contributed by atoms with Gasteiger partial charge in [0.2, 0.25) is 0 Å². The molecule has 0 unspecified atom stereocenters. The summed E-state index contributed by atoms with van der Waals surface area (Å²) in [4.78, 5) is 0. The van der Waals surface area contributed by atoms with Gasteiger partial charge in [-0.25, -0.2) is 4.39 Å². The van der Waals surface area contributed by atoms with E-state index in [9.17, 15) is 13.2 Å². The average Bonchev–Trinajstić information content (AvgIpc) is 2.35. The lowest BCUT2D eigenvalue weighted by Gasteiger charge is -2.11. The van der Waals surface area contributed by atoms with Gasteiger partial charge in [-0.3, -0.25) is 0 Å². The Balaban J connectivity index is 2.63. The van der Waals surface area contributed by atoms with Gasteiger partial charge in [0, 0.05) is 0 Å². The van der Waals surface area contributed by atoms with Crippen molar-refractivity contribution in [2.24, 2.45) is 0 Å². The monoisotopic (exact) mass is 260 g/mol. The smallest absolute Gasteiger partial charge is 0.421 e. The third-order valence-corrected chi connectivity index (χ3v) is 2.46. The Morgan fingerprint density at radius 2 is 2.17 bits per heavy atom. The van der Waals surface area contributed by atoms with E-state index in [2.05, 4.69) is 20.7 Å². The molecule has 0 atom stereocenters. The lowest BCUT2D eigenvalue weighted by molar-refractivity contribution is -0.184. The molecule has 12 heavy (non-hydrogen) atoms. The van der Waals surface area contributed by atoms with Crippen LogP contribution in [-0.2, 0) is 0 Å². The summed E-state index contributed by atoms with van der Waals surface area (Å²) in [5, 5.41) is -0.00970. The maximum atomic E-state index is 12.2. The Kier molecular flexibility index (Phi) is 3.00. The highest BCUT2D eigenvalue weighted by Gasteiger charge is 2.32. The van der Waals surface area contributed by atoms with Crippen molar-refractivity contribution >= 4 is 27.3 Å². The molecular weight excluding hydrogens is 257 g/mol. The van der Waals surface area contributed by atoms with Gasteiger partial charge in [-0.05, 0) is 28.1 Å². The van der Waals surface area contributed by atoms with Crippen molar-refractivity contribution in [2.75, 3.05) is 6.67 Å². The summed E-state index contributed by atoms with van der Waals surface area (Å²) in [7, 11) is 0. The van der Waals surface area contributed by atoms with Crippen LogP contribution in [0.15, 0.2) is 15.9 Å². The normalized spacial score (nSPS) is 11.7. The fraction of sp³-hybridized carbons (Fsp3) is 0.333. The van der Waals surface area contributed by atoms with Crippen molar-refractivity contribution < 1.29 is 17.9 Å². The van der Waals surface area contributed by atoms with Gasteiger partial charge < -0.3 is 4.74 Å². The van der Waals surface area contributed by atoms with Gasteiger partial charge in [0.05, 0.1) is 3.79 Å². The molecule has 1 aromatic heterocycles. The van der Waals surface area contributed by atoms with Gasteiger partial charge in [-0.1, -0.05) is 11.3 Å². The van der Waals surface area contributed by atoms with Crippen LogP contribution in [0.4, 0.5) is 13.2 Å². The molecule has 0 fully saturated rings. The first-order chi connectivity index (χ1) is 5.53. The maximum absolute atomic E-state index is 12.2. The van der Waals surface area contributed by atoms with Crippen molar-refractivity contribution in [3.05, 3.63) is 15.9 Å². The second-order valence-electron chi connectivity index (χ2n) is 1.93. The molecule has 0 aromatic carbocycles. The molecular formula is C6H4BrF3OS. The number of thiophene rings is 1. The molecule has 1 rings (SSSR count). The summed E-state index contributed by atoms with van der Waals surface area (Å²) in [5.41, 5.74) is 0. The van der Waals surface area contributed by atoms with Gasteiger partial charge in [0.15, 0.2) is 11.7 Å². The Hall–Kier alpha value is -0.230. The largest absolute Gasteiger partial charge is 0.427 e. The van der Waals surface area contributed by atoms with Crippen LogP contribution in [0.3, 0.4) is 0 Å². The Morgan fingerprint density at radius 1 is 1.50 bits per heavy atom. The molecule has 68 valence electrons. The summed E-state index contributed by atoms with van der Waals surface area (Å²) >= 11 is 4.04. The summed E-state index contributed by atoms with van der Waals surface area (Å²) in [5.74, 6) is 0. The first-order valence-corrected chi connectivity index (χ1v) is 4.52. The minimum Gasteiger partial charge on any atom is -0.421 e. The Labute approximate surface area is 79.3 Å². The van der Waals surface area contributed by atoms with Crippen LogP contribution in [-0.4, -0.2) is 12.8 Å². The summed E-state index contributed by atoms with van der Waals surface area (Å²) in [6, 6.07) is 2.90. The lowest BCUT2D eigenvalue weighted by Crippen LogP contribution is -2.26. The SMILES string of the molecule is FCC(F)(F)Oc1ccc(Br)s1. The molecule has 1 aromatic rings. The van der Waals surface area contributed by atoms with E-state index in [4.69, 9.17) is 0 Å². The van der Waals surface area contributed by atoms with Crippen LogP contribution in [0.5, 0.6) is 5.06 Å². The zero-order valence-electron chi connectivity index (χ0n) is 5.69. The van der Waals surface area contributed by atoms with Crippen LogP contribution < -0.4 is 4.74 Å². The van der Waals surface area contributed by atoms with Gasteiger partial charge in [0.25, 0.3) is 0 Å². The molecule has 0 aliphatic rings. The van der Waals surface area contributed by atoms with Gasteiger partial charge in [0.1, 0.15) is 0 Å². The number of hydrogen-bond acceptors (Lipinski definition) is 2. The van der Waals surface area contributed by atoms with Gasteiger partial charge >= 0.3 is 6.11 Å². The highest BCUT2D eigenvalue weighted by Crippen LogP contribution is 2.32. The van der Waals surface area contributed by atoms with E-state index >= 15 is 0 Å². The van der Waals surface area contributed by atoms with Crippen molar-refractivity contribution in [3.63, 3.8) is 0 Å². The highest BCUT2D eigenvalue weighted by atomic mass is 79.9. The quantitative estimate of drug-likeness (QED) is 0.809. The fourth-order valence-electron chi connectivity index (χ4n) is 0.527. The summed E-state index contributed by atoms with van der Waals surface area (Å²) < 4.78 is 40.8. The topological polar surface area (TPSA) is 9.23 Å². The second kappa shape index (κ2) is 3.66. The summed E-state index contributed by atoms with van der Waals surface area (Å²) in [6.45, 7) is -1.82. The maximum Gasteiger partial charge on any atom is 0.427 e. The molecule has 0 saturated heterocycles. The van der Waals surface area contributed by atoms with Crippen molar-refractivity contribution in [1.29, 1.82) is 0 Å². The van der Waals surface area contributed by atoms with Crippen molar-refractivity contribution in [3.8, 4) is 5.06 Å². The average molecular weight is 261 g/mol. The minimum absolute atomic E-state index is 0.00970. The first kappa shape index (κ1) is 9.85. The number of hydrogen-bond donors (Lipinski definition) is 0. The fourth-order valence-corrected chi connectivity index (χ4v) is 1.77. The predicted octanol–water partition coefficient (Wildman–Crippen LogP) is 3.45. The molecule has 0 amide bonds. The van der Waals surface area contributed by atoms with E-state index in [0.29, 0.717) is 3.79 Å². The highest BCUT2D eigenvalue weighted by molar-refractivity contribution is 9.11. The number of ether oxygens (including phenoxy) is 1. The van der Waals surface area contributed by atoms with E-state index in [-0.39, 0.29) is 5.06 Å². The minimum atomic E-state index is -3.72. The standard InChI is InChI=1S/C6H4BrF3OS/c7-4-1-2-5(12-4)11-6(9,10)3-8/h1-2H,3H2. The molecule has 6 heteroatoms. The van der Waals surface area contributed by atoms with Crippen LogP contribution in [0.25, 0.3) is 0 Å². The van der Waals surface area contributed by atoms with Gasteiger partial charge in [-0.2, -0.15) is 8.78 Å². The molecule has 0 saturated carbocycles. The van der Waals surface area contributed by atoms with E-state index in [0.717, 1.165) is 11.3 Å². The molecule has 0 N–H and O–H groups in total.